The number of rotatable bonds is 1. The molecule has 0 atom stereocenters. The lowest BCUT2D eigenvalue weighted by Gasteiger charge is -2.00. The minimum absolute atomic E-state index is 0.642. The number of aryl methyl sites for hydroxylation is 1. The van der Waals surface area contributed by atoms with Crippen LogP contribution in [0.15, 0.2) is 34.7 Å². The quantitative estimate of drug-likeness (QED) is 0.695. The van der Waals surface area contributed by atoms with Crippen molar-refractivity contribution in [2.75, 3.05) is 0 Å². The Balaban J connectivity index is 2.55. The van der Waals surface area contributed by atoms with Gasteiger partial charge >= 0.3 is 0 Å². The lowest BCUT2D eigenvalue weighted by atomic mass is 10.2. The second-order valence-corrected chi connectivity index (χ2v) is 3.88. The van der Waals surface area contributed by atoms with Gasteiger partial charge in [-0.3, -0.25) is 0 Å². The average Bonchev–Trinajstić information content (AvgIpc) is 2.56. The van der Waals surface area contributed by atoms with Crippen molar-refractivity contribution in [2.24, 2.45) is 0 Å². The van der Waals surface area contributed by atoms with Crippen molar-refractivity contribution >= 4 is 23.2 Å². The van der Waals surface area contributed by atoms with Crippen LogP contribution < -0.4 is 0 Å². The molecule has 0 aliphatic carbocycles. The molecule has 0 fully saturated rings. The van der Waals surface area contributed by atoms with Gasteiger partial charge in [0.15, 0.2) is 0 Å². The van der Waals surface area contributed by atoms with Crippen LogP contribution in [0.2, 0.25) is 10.0 Å². The van der Waals surface area contributed by atoms with Crippen LogP contribution in [-0.4, -0.2) is 0 Å². The Morgan fingerprint density at radius 1 is 1.07 bits per heavy atom. The predicted octanol–water partition coefficient (Wildman–Crippen LogP) is 4.56. The molecule has 0 aliphatic rings. The summed E-state index contributed by atoms with van der Waals surface area (Å²) in [5.74, 6) is 1.60. The third-order valence-corrected chi connectivity index (χ3v) is 2.50. The summed E-state index contributed by atoms with van der Waals surface area (Å²) in [5.41, 5.74) is 0.826. The van der Waals surface area contributed by atoms with Crippen molar-refractivity contribution in [3.63, 3.8) is 0 Å². The van der Waals surface area contributed by atoms with Gasteiger partial charge in [0.2, 0.25) is 0 Å². The normalized spacial score (nSPS) is 10.5. The van der Waals surface area contributed by atoms with Gasteiger partial charge in [-0.2, -0.15) is 0 Å². The summed E-state index contributed by atoms with van der Waals surface area (Å²) in [5, 5.41) is 1.29. The van der Waals surface area contributed by atoms with Crippen LogP contribution in [0.1, 0.15) is 5.76 Å². The minimum atomic E-state index is 0.642. The first kappa shape index (κ1) is 9.63. The topological polar surface area (TPSA) is 13.1 Å². The van der Waals surface area contributed by atoms with Crippen LogP contribution in [0.5, 0.6) is 0 Å². The van der Waals surface area contributed by atoms with Crippen molar-refractivity contribution in [1.29, 1.82) is 0 Å². The summed E-state index contributed by atoms with van der Waals surface area (Å²) in [4.78, 5) is 0. The average molecular weight is 227 g/mol. The van der Waals surface area contributed by atoms with E-state index in [2.05, 4.69) is 0 Å². The first-order valence-corrected chi connectivity index (χ1v) is 4.94. The molecular weight excluding hydrogens is 219 g/mol. The molecule has 1 aromatic carbocycles. The molecule has 72 valence electrons. The van der Waals surface area contributed by atoms with Gasteiger partial charge in [-0.15, -0.1) is 0 Å². The fourth-order valence-electron chi connectivity index (χ4n) is 1.27. The maximum absolute atomic E-state index is 6.02. The van der Waals surface area contributed by atoms with E-state index in [0.717, 1.165) is 17.1 Å². The van der Waals surface area contributed by atoms with Gasteiger partial charge in [0, 0.05) is 10.6 Å². The van der Waals surface area contributed by atoms with Gasteiger partial charge < -0.3 is 4.42 Å². The van der Waals surface area contributed by atoms with Crippen molar-refractivity contribution in [1.82, 2.24) is 0 Å². The highest BCUT2D eigenvalue weighted by molar-refractivity contribution is 6.35. The first-order valence-electron chi connectivity index (χ1n) is 4.18. The zero-order chi connectivity index (χ0) is 10.1. The number of furan rings is 1. The zero-order valence-electron chi connectivity index (χ0n) is 7.55. The molecule has 0 N–H and O–H groups in total. The predicted molar refractivity (Wildman–Crippen MR) is 58.9 cm³/mol. The molecule has 0 unspecified atom stereocenters. The van der Waals surface area contributed by atoms with Crippen LogP contribution in [0.25, 0.3) is 11.3 Å². The molecular formula is C11H8Cl2O. The Hall–Kier alpha value is -0.920. The smallest absolute Gasteiger partial charge is 0.135 e. The van der Waals surface area contributed by atoms with E-state index in [-0.39, 0.29) is 0 Å². The number of benzene rings is 1. The van der Waals surface area contributed by atoms with E-state index >= 15 is 0 Å². The van der Waals surface area contributed by atoms with Crippen molar-refractivity contribution in [2.45, 2.75) is 6.92 Å². The third-order valence-electron chi connectivity index (χ3n) is 1.93. The Kier molecular flexibility index (Phi) is 2.53. The Morgan fingerprint density at radius 3 is 2.50 bits per heavy atom. The second kappa shape index (κ2) is 3.68. The van der Waals surface area contributed by atoms with Gasteiger partial charge in [-0.05, 0) is 37.3 Å². The van der Waals surface area contributed by atoms with Gasteiger partial charge in [-0.1, -0.05) is 23.2 Å². The maximum atomic E-state index is 6.02. The van der Waals surface area contributed by atoms with E-state index in [1.54, 1.807) is 18.2 Å². The molecule has 0 saturated carbocycles. The fraction of sp³-hybridized carbons (Fsp3) is 0.0909. The molecule has 1 nitrogen and oxygen atoms in total. The summed E-state index contributed by atoms with van der Waals surface area (Å²) in [7, 11) is 0. The maximum Gasteiger partial charge on any atom is 0.135 e. The van der Waals surface area contributed by atoms with Gasteiger partial charge in [-0.25, -0.2) is 0 Å². The van der Waals surface area contributed by atoms with E-state index < -0.39 is 0 Å². The molecule has 1 aromatic heterocycles. The van der Waals surface area contributed by atoms with Gasteiger partial charge in [0.25, 0.3) is 0 Å². The summed E-state index contributed by atoms with van der Waals surface area (Å²) in [6.07, 6.45) is 0. The van der Waals surface area contributed by atoms with Gasteiger partial charge in [0.1, 0.15) is 11.5 Å². The van der Waals surface area contributed by atoms with Crippen LogP contribution in [-0.2, 0) is 0 Å². The van der Waals surface area contributed by atoms with Crippen molar-refractivity contribution < 1.29 is 4.42 Å². The SMILES string of the molecule is Cc1ccc(-c2cc(Cl)ccc2Cl)o1. The Bertz CT molecular complexity index is 460. The van der Waals surface area contributed by atoms with E-state index in [9.17, 15) is 0 Å². The molecule has 0 saturated heterocycles. The second-order valence-electron chi connectivity index (χ2n) is 3.03. The first-order chi connectivity index (χ1) is 6.66. The lowest BCUT2D eigenvalue weighted by Crippen LogP contribution is -1.76. The molecule has 0 aliphatic heterocycles. The van der Waals surface area contributed by atoms with Gasteiger partial charge in [0.05, 0.1) is 5.02 Å². The molecule has 3 heteroatoms. The molecule has 2 aromatic rings. The fourth-order valence-corrected chi connectivity index (χ4v) is 1.65. The minimum Gasteiger partial charge on any atom is -0.461 e. The molecule has 1 heterocycles. The summed E-state index contributed by atoms with van der Waals surface area (Å²) < 4.78 is 5.46. The summed E-state index contributed by atoms with van der Waals surface area (Å²) in [6, 6.07) is 9.09. The van der Waals surface area contributed by atoms with E-state index in [1.807, 2.05) is 19.1 Å². The highest BCUT2D eigenvalue weighted by atomic mass is 35.5. The molecule has 0 bridgehead atoms. The van der Waals surface area contributed by atoms with Crippen molar-refractivity contribution in [3.8, 4) is 11.3 Å². The lowest BCUT2D eigenvalue weighted by molar-refractivity contribution is 0.548. The third kappa shape index (κ3) is 1.79. The number of halogens is 2. The highest BCUT2D eigenvalue weighted by Gasteiger charge is 2.07. The largest absolute Gasteiger partial charge is 0.461 e. The van der Waals surface area contributed by atoms with E-state index in [1.165, 1.54) is 0 Å². The summed E-state index contributed by atoms with van der Waals surface area (Å²) in [6.45, 7) is 1.89. The number of hydrogen-bond acceptors (Lipinski definition) is 1. The molecule has 0 amide bonds. The Morgan fingerprint density at radius 2 is 1.86 bits per heavy atom. The monoisotopic (exact) mass is 226 g/mol. The molecule has 14 heavy (non-hydrogen) atoms. The van der Waals surface area contributed by atoms with Crippen LogP contribution in [0.4, 0.5) is 0 Å². The Labute approximate surface area is 92.3 Å². The van der Waals surface area contributed by atoms with Crippen molar-refractivity contribution in [3.05, 3.63) is 46.1 Å². The van der Waals surface area contributed by atoms with Crippen LogP contribution >= 0.6 is 23.2 Å². The number of hydrogen-bond donors (Lipinski definition) is 0. The van der Waals surface area contributed by atoms with E-state index in [4.69, 9.17) is 27.6 Å². The van der Waals surface area contributed by atoms with Crippen LogP contribution in [0, 0.1) is 6.92 Å². The molecule has 2 rings (SSSR count). The van der Waals surface area contributed by atoms with E-state index in [0.29, 0.717) is 10.0 Å². The standard InChI is InChI=1S/C11H8Cl2O/c1-7-2-5-11(14-7)9-6-8(12)3-4-10(9)13/h2-6H,1H3. The highest BCUT2D eigenvalue weighted by Crippen LogP contribution is 2.31. The summed E-state index contributed by atoms with van der Waals surface area (Å²) >= 11 is 11.9. The zero-order valence-corrected chi connectivity index (χ0v) is 9.06. The molecule has 0 spiro atoms. The molecule has 0 radical (unpaired) electrons. The van der Waals surface area contributed by atoms with Crippen LogP contribution in [0.3, 0.4) is 0 Å².